The predicted molar refractivity (Wildman–Crippen MR) is 69.5 cm³/mol. The molecule has 1 heterocycles. The van der Waals surface area contributed by atoms with E-state index in [1.54, 1.807) is 0 Å². The summed E-state index contributed by atoms with van der Waals surface area (Å²) in [6, 6.07) is 8.71. The number of hydrogen-bond donors (Lipinski definition) is 0. The second-order valence-corrected chi connectivity index (χ2v) is 5.59. The summed E-state index contributed by atoms with van der Waals surface area (Å²) in [5, 5.41) is 3.78. The summed E-state index contributed by atoms with van der Waals surface area (Å²) in [7, 11) is 0. The Labute approximate surface area is 95.9 Å². The Morgan fingerprint density at radius 3 is 2.60 bits per heavy atom. The van der Waals surface area contributed by atoms with Crippen LogP contribution in [0.4, 0.5) is 0 Å². The molecule has 2 aromatic rings. The van der Waals surface area contributed by atoms with Crippen molar-refractivity contribution in [2.75, 3.05) is 0 Å². The standard InChI is InChI=1S/C14H18S/c1-10(2)11(3)8-12-9-15-14-7-5-4-6-13(12)14/h4-7,9-11H,8H2,1-3H3/t11-/m0/s1. The van der Waals surface area contributed by atoms with Gasteiger partial charge in [-0.1, -0.05) is 39.0 Å². The van der Waals surface area contributed by atoms with Crippen LogP contribution in [0.2, 0.25) is 0 Å². The fraction of sp³-hybridized carbons (Fsp3) is 0.429. The van der Waals surface area contributed by atoms with Gasteiger partial charge >= 0.3 is 0 Å². The summed E-state index contributed by atoms with van der Waals surface area (Å²) in [6.45, 7) is 6.95. The summed E-state index contributed by atoms with van der Waals surface area (Å²) in [6.07, 6.45) is 1.21. The van der Waals surface area contributed by atoms with Crippen LogP contribution in [0.1, 0.15) is 26.3 Å². The summed E-state index contributed by atoms with van der Waals surface area (Å²) < 4.78 is 1.42. The van der Waals surface area contributed by atoms with Crippen molar-refractivity contribution in [3.63, 3.8) is 0 Å². The molecule has 2 rings (SSSR count). The lowest BCUT2D eigenvalue weighted by Gasteiger charge is -2.14. The van der Waals surface area contributed by atoms with Gasteiger partial charge in [0.25, 0.3) is 0 Å². The molecule has 0 fully saturated rings. The average molecular weight is 218 g/mol. The molecular formula is C14H18S. The van der Waals surface area contributed by atoms with Crippen LogP contribution < -0.4 is 0 Å². The summed E-state index contributed by atoms with van der Waals surface area (Å²) >= 11 is 1.87. The smallest absolute Gasteiger partial charge is 0.0345 e. The van der Waals surface area contributed by atoms with E-state index in [2.05, 4.69) is 50.4 Å². The van der Waals surface area contributed by atoms with Crippen molar-refractivity contribution in [3.8, 4) is 0 Å². The molecule has 1 aromatic carbocycles. The second-order valence-electron chi connectivity index (χ2n) is 4.68. The normalized spacial score (nSPS) is 13.6. The lowest BCUT2D eigenvalue weighted by molar-refractivity contribution is 0.418. The van der Waals surface area contributed by atoms with Crippen LogP contribution in [0.3, 0.4) is 0 Å². The molecule has 0 aliphatic carbocycles. The van der Waals surface area contributed by atoms with Crippen molar-refractivity contribution in [2.45, 2.75) is 27.2 Å². The molecule has 80 valence electrons. The molecular weight excluding hydrogens is 200 g/mol. The van der Waals surface area contributed by atoms with Gasteiger partial charge in [-0.15, -0.1) is 11.3 Å². The van der Waals surface area contributed by atoms with Gasteiger partial charge in [-0.2, -0.15) is 0 Å². The maximum Gasteiger partial charge on any atom is 0.0345 e. The van der Waals surface area contributed by atoms with E-state index in [1.807, 2.05) is 11.3 Å². The number of hydrogen-bond acceptors (Lipinski definition) is 1. The molecule has 0 N–H and O–H groups in total. The Morgan fingerprint density at radius 2 is 1.87 bits per heavy atom. The van der Waals surface area contributed by atoms with Crippen LogP contribution in [-0.2, 0) is 6.42 Å². The van der Waals surface area contributed by atoms with Crippen molar-refractivity contribution in [1.29, 1.82) is 0 Å². The lowest BCUT2D eigenvalue weighted by atomic mass is 9.91. The number of thiophene rings is 1. The molecule has 1 aromatic heterocycles. The fourth-order valence-corrected chi connectivity index (χ4v) is 2.75. The topological polar surface area (TPSA) is 0 Å². The van der Waals surface area contributed by atoms with Gasteiger partial charge in [-0.25, -0.2) is 0 Å². The third-order valence-electron chi connectivity index (χ3n) is 3.24. The molecule has 15 heavy (non-hydrogen) atoms. The molecule has 0 bridgehead atoms. The van der Waals surface area contributed by atoms with E-state index in [0.717, 1.165) is 11.8 Å². The van der Waals surface area contributed by atoms with Gasteiger partial charge in [0.1, 0.15) is 0 Å². The molecule has 0 amide bonds. The molecule has 1 heteroatoms. The second kappa shape index (κ2) is 4.36. The van der Waals surface area contributed by atoms with Crippen LogP contribution in [-0.4, -0.2) is 0 Å². The third kappa shape index (κ3) is 2.23. The van der Waals surface area contributed by atoms with Crippen LogP contribution in [0.25, 0.3) is 10.1 Å². The molecule has 0 radical (unpaired) electrons. The van der Waals surface area contributed by atoms with Gasteiger partial charge in [0.05, 0.1) is 0 Å². The van der Waals surface area contributed by atoms with Gasteiger partial charge in [0.2, 0.25) is 0 Å². The van der Waals surface area contributed by atoms with E-state index in [0.29, 0.717) is 0 Å². The van der Waals surface area contributed by atoms with Crippen molar-refractivity contribution in [3.05, 3.63) is 35.2 Å². The van der Waals surface area contributed by atoms with E-state index in [-0.39, 0.29) is 0 Å². The highest BCUT2D eigenvalue weighted by Crippen LogP contribution is 2.28. The Balaban J connectivity index is 2.29. The largest absolute Gasteiger partial charge is 0.144 e. The molecule has 0 nitrogen and oxygen atoms in total. The average Bonchev–Trinajstić information content (AvgIpc) is 2.62. The first-order chi connectivity index (χ1) is 7.18. The molecule has 0 aliphatic rings. The van der Waals surface area contributed by atoms with Gasteiger partial charge < -0.3 is 0 Å². The first-order valence-electron chi connectivity index (χ1n) is 5.63. The Morgan fingerprint density at radius 1 is 1.13 bits per heavy atom. The monoisotopic (exact) mass is 218 g/mol. The summed E-state index contributed by atoms with van der Waals surface area (Å²) in [5.74, 6) is 1.53. The van der Waals surface area contributed by atoms with Gasteiger partial charge in [0, 0.05) is 4.70 Å². The van der Waals surface area contributed by atoms with Crippen LogP contribution in [0.5, 0.6) is 0 Å². The Hall–Kier alpha value is -0.820. The third-order valence-corrected chi connectivity index (χ3v) is 4.25. The van der Waals surface area contributed by atoms with Crippen molar-refractivity contribution >= 4 is 21.4 Å². The molecule has 0 spiro atoms. The Kier molecular flexibility index (Phi) is 3.11. The van der Waals surface area contributed by atoms with Crippen molar-refractivity contribution < 1.29 is 0 Å². The quantitative estimate of drug-likeness (QED) is 0.698. The first kappa shape index (κ1) is 10.7. The zero-order valence-corrected chi connectivity index (χ0v) is 10.5. The first-order valence-corrected chi connectivity index (χ1v) is 6.51. The number of fused-ring (bicyclic) bond motifs is 1. The predicted octanol–water partition coefficient (Wildman–Crippen LogP) is 4.74. The number of rotatable bonds is 3. The highest BCUT2D eigenvalue weighted by Gasteiger charge is 2.11. The summed E-state index contributed by atoms with van der Waals surface area (Å²) in [4.78, 5) is 0. The highest BCUT2D eigenvalue weighted by molar-refractivity contribution is 7.17. The minimum absolute atomic E-state index is 0.767. The van der Waals surface area contributed by atoms with Gasteiger partial charge in [-0.05, 0) is 40.7 Å². The zero-order valence-electron chi connectivity index (χ0n) is 9.66. The number of benzene rings is 1. The van der Waals surface area contributed by atoms with Gasteiger partial charge in [-0.3, -0.25) is 0 Å². The van der Waals surface area contributed by atoms with Crippen LogP contribution in [0.15, 0.2) is 29.6 Å². The van der Waals surface area contributed by atoms with E-state index in [4.69, 9.17) is 0 Å². The Bertz CT molecular complexity index is 439. The van der Waals surface area contributed by atoms with Crippen molar-refractivity contribution in [2.24, 2.45) is 11.8 Å². The zero-order chi connectivity index (χ0) is 10.8. The van der Waals surface area contributed by atoms with E-state index in [1.165, 1.54) is 22.1 Å². The minimum atomic E-state index is 0.767. The fourth-order valence-electron chi connectivity index (χ4n) is 1.77. The maximum absolute atomic E-state index is 2.34. The molecule has 0 aliphatic heterocycles. The lowest BCUT2D eigenvalue weighted by Crippen LogP contribution is -2.06. The van der Waals surface area contributed by atoms with E-state index in [9.17, 15) is 0 Å². The van der Waals surface area contributed by atoms with Crippen LogP contribution >= 0.6 is 11.3 Å². The highest BCUT2D eigenvalue weighted by atomic mass is 32.1. The molecule has 1 atom stereocenters. The molecule has 0 saturated carbocycles. The van der Waals surface area contributed by atoms with Gasteiger partial charge in [0.15, 0.2) is 0 Å². The van der Waals surface area contributed by atoms with Crippen molar-refractivity contribution in [1.82, 2.24) is 0 Å². The van der Waals surface area contributed by atoms with E-state index >= 15 is 0 Å². The SMILES string of the molecule is CC(C)[C@@H](C)Cc1csc2ccccc12. The van der Waals surface area contributed by atoms with E-state index < -0.39 is 0 Å². The summed E-state index contributed by atoms with van der Waals surface area (Å²) in [5.41, 5.74) is 1.52. The van der Waals surface area contributed by atoms with Crippen LogP contribution in [0, 0.1) is 11.8 Å². The minimum Gasteiger partial charge on any atom is -0.144 e. The maximum atomic E-state index is 2.34. The molecule has 0 unspecified atom stereocenters. The molecule has 0 saturated heterocycles.